The van der Waals surface area contributed by atoms with Crippen LogP contribution in [0.1, 0.15) is 55.7 Å². The zero-order valence-corrected chi connectivity index (χ0v) is 15.5. The van der Waals surface area contributed by atoms with Crippen LogP contribution in [0.4, 0.5) is 0 Å². The quantitative estimate of drug-likeness (QED) is 0.442. The third-order valence-electron chi connectivity index (χ3n) is 5.72. The van der Waals surface area contributed by atoms with E-state index in [1.165, 1.54) is 60.8 Å². The number of aryl methyl sites for hydroxylation is 2. The third kappa shape index (κ3) is 4.66. The molecule has 0 aromatic heterocycles. The molecule has 1 aromatic carbocycles. The Bertz CT molecular complexity index is 780. The summed E-state index contributed by atoms with van der Waals surface area (Å²) in [6.07, 6.45) is 21.7. The molecule has 1 aromatic rings. The molecule has 0 heteroatoms. The summed E-state index contributed by atoms with van der Waals surface area (Å²) < 4.78 is 0. The van der Waals surface area contributed by atoms with Crippen LogP contribution in [-0.2, 0) is 6.42 Å². The molecule has 25 heavy (non-hydrogen) atoms. The zero-order valence-electron chi connectivity index (χ0n) is 15.5. The van der Waals surface area contributed by atoms with Crippen LogP contribution in [0.15, 0.2) is 53.8 Å². The van der Waals surface area contributed by atoms with Crippen molar-refractivity contribution in [3.05, 3.63) is 70.5 Å². The molecular formula is C25H28. The van der Waals surface area contributed by atoms with Gasteiger partial charge in [0.2, 0.25) is 0 Å². The summed E-state index contributed by atoms with van der Waals surface area (Å²) in [6.45, 7) is 4.63. The Kier molecular flexibility index (Phi) is 5.80. The Morgan fingerprint density at radius 2 is 2.00 bits per heavy atom. The van der Waals surface area contributed by atoms with E-state index in [4.69, 9.17) is 6.42 Å². The number of hydrogen-bond donors (Lipinski definition) is 0. The van der Waals surface area contributed by atoms with Crippen molar-refractivity contribution in [1.29, 1.82) is 0 Å². The van der Waals surface area contributed by atoms with Gasteiger partial charge in [0.15, 0.2) is 0 Å². The predicted molar refractivity (Wildman–Crippen MR) is 108 cm³/mol. The van der Waals surface area contributed by atoms with Gasteiger partial charge >= 0.3 is 0 Å². The topological polar surface area (TPSA) is 0 Å². The van der Waals surface area contributed by atoms with Gasteiger partial charge in [0.1, 0.15) is 0 Å². The second-order valence-corrected chi connectivity index (χ2v) is 7.63. The first kappa shape index (κ1) is 17.6. The average molecular weight is 328 g/mol. The number of rotatable bonds is 4. The van der Waals surface area contributed by atoms with E-state index in [0.717, 1.165) is 17.4 Å². The SMILES string of the molecule is C#CC1=C=CC(c2ccc(C)c(CCC3CCC(C)CC3)c2)=CC=C1. The molecule has 1 fully saturated rings. The van der Waals surface area contributed by atoms with Gasteiger partial charge in [-0.3, -0.25) is 0 Å². The van der Waals surface area contributed by atoms with Gasteiger partial charge in [0, 0.05) is 0 Å². The smallest absolute Gasteiger partial charge is 0.0661 e. The van der Waals surface area contributed by atoms with Gasteiger partial charge in [0.25, 0.3) is 0 Å². The molecule has 0 unspecified atom stereocenters. The Morgan fingerprint density at radius 1 is 1.20 bits per heavy atom. The van der Waals surface area contributed by atoms with Crippen molar-refractivity contribution in [2.45, 2.75) is 52.4 Å². The number of hydrogen-bond acceptors (Lipinski definition) is 0. The molecule has 0 bridgehead atoms. The first-order valence-electron chi connectivity index (χ1n) is 9.57. The van der Waals surface area contributed by atoms with E-state index >= 15 is 0 Å². The highest BCUT2D eigenvalue weighted by atomic mass is 14.2. The summed E-state index contributed by atoms with van der Waals surface area (Å²) in [6, 6.07) is 6.82. The van der Waals surface area contributed by atoms with Crippen LogP contribution in [0.25, 0.3) is 5.57 Å². The van der Waals surface area contributed by atoms with Gasteiger partial charge in [-0.2, -0.15) is 0 Å². The maximum absolute atomic E-state index is 5.48. The summed E-state index contributed by atoms with van der Waals surface area (Å²) in [5.74, 6) is 4.50. The monoisotopic (exact) mass is 328 g/mol. The van der Waals surface area contributed by atoms with Gasteiger partial charge in [-0.25, -0.2) is 0 Å². The second kappa shape index (κ2) is 8.24. The highest BCUT2D eigenvalue weighted by Crippen LogP contribution is 2.32. The molecule has 0 aliphatic heterocycles. The molecule has 0 nitrogen and oxygen atoms in total. The fourth-order valence-corrected chi connectivity index (χ4v) is 3.87. The summed E-state index contributed by atoms with van der Waals surface area (Å²) in [4.78, 5) is 0. The van der Waals surface area contributed by atoms with Crippen molar-refractivity contribution in [3.8, 4) is 12.3 Å². The number of terminal acetylenes is 1. The minimum atomic E-state index is 0.796. The van der Waals surface area contributed by atoms with Crippen molar-refractivity contribution in [1.82, 2.24) is 0 Å². The highest BCUT2D eigenvalue weighted by Gasteiger charge is 2.18. The average Bonchev–Trinajstić information content (AvgIpc) is 2.88. The largest absolute Gasteiger partial charge is 0.114 e. The fraction of sp³-hybridized carbons (Fsp3) is 0.400. The van der Waals surface area contributed by atoms with Crippen molar-refractivity contribution in [2.75, 3.05) is 0 Å². The lowest BCUT2D eigenvalue weighted by atomic mass is 9.80. The van der Waals surface area contributed by atoms with Crippen LogP contribution in [0.3, 0.4) is 0 Å². The first-order valence-corrected chi connectivity index (χ1v) is 9.57. The van der Waals surface area contributed by atoms with E-state index in [1.807, 2.05) is 18.2 Å². The van der Waals surface area contributed by atoms with Crippen LogP contribution in [-0.4, -0.2) is 0 Å². The molecule has 0 heterocycles. The van der Waals surface area contributed by atoms with Gasteiger partial charge in [-0.05, 0) is 66.0 Å². The van der Waals surface area contributed by atoms with Crippen molar-refractivity contribution < 1.29 is 0 Å². The third-order valence-corrected chi connectivity index (χ3v) is 5.72. The molecule has 2 aliphatic carbocycles. The van der Waals surface area contributed by atoms with E-state index in [1.54, 1.807) is 0 Å². The Balaban J connectivity index is 1.73. The van der Waals surface area contributed by atoms with Crippen LogP contribution in [0.5, 0.6) is 0 Å². The minimum absolute atomic E-state index is 0.796. The van der Waals surface area contributed by atoms with E-state index < -0.39 is 0 Å². The number of allylic oxidation sites excluding steroid dienone is 5. The van der Waals surface area contributed by atoms with Gasteiger partial charge in [0.05, 0.1) is 5.57 Å². The first-order chi connectivity index (χ1) is 12.2. The van der Waals surface area contributed by atoms with Crippen LogP contribution >= 0.6 is 0 Å². The molecule has 128 valence electrons. The maximum atomic E-state index is 5.48. The van der Waals surface area contributed by atoms with Crippen LogP contribution < -0.4 is 0 Å². The van der Waals surface area contributed by atoms with Gasteiger partial charge < -0.3 is 0 Å². The van der Waals surface area contributed by atoms with Crippen molar-refractivity contribution >= 4 is 5.57 Å². The Labute approximate surface area is 153 Å². The normalized spacial score (nSPS) is 22.8. The van der Waals surface area contributed by atoms with E-state index in [2.05, 4.69) is 49.8 Å². The van der Waals surface area contributed by atoms with Gasteiger partial charge in [-0.15, -0.1) is 12.2 Å². The molecule has 0 radical (unpaired) electrons. The lowest BCUT2D eigenvalue weighted by Crippen LogP contribution is -2.13. The summed E-state index contributed by atoms with van der Waals surface area (Å²) >= 11 is 0. The molecule has 0 atom stereocenters. The Hall–Kier alpha value is -2.22. The molecule has 0 saturated heterocycles. The highest BCUT2D eigenvalue weighted by molar-refractivity contribution is 5.76. The fourth-order valence-electron chi connectivity index (χ4n) is 3.87. The lowest BCUT2D eigenvalue weighted by Gasteiger charge is -2.26. The molecule has 2 aliphatic rings. The van der Waals surface area contributed by atoms with E-state index in [-0.39, 0.29) is 0 Å². The zero-order chi connectivity index (χ0) is 17.6. The summed E-state index contributed by atoms with van der Waals surface area (Å²) in [7, 11) is 0. The van der Waals surface area contributed by atoms with Gasteiger partial charge in [-0.1, -0.05) is 68.9 Å². The standard InChI is InChI=1S/C25H28/c1-4-21-6-5-7-23(16-13-21)25-15-10-20(3)24(18-25)17-14-22-11-8-19(2)9-12-22/h1,5-7,10,15-16,18-19,22H,8-9,11-12,14,17H2,2-3H3. The van der Waals surface area contributed by atoms with E-state index in [0.29, 0.717) is 0 Å². The molecule has 0 N–H and O–H groups in total. The summed E-state index contributed by atoms with van der Waals surface area (Å²) in [5.41, 5.74) is 9.32. The number of benzene rings is 1. The summed E-state index contributed by atoms with van der Waals surface area (Å²) in [5, 5.41) is 0. The predicted octanol–water partition coefficient (Wildman–Crippen LogP) is 6.42. The Morgan fingerprint density at radius 3 is 2.76 bits per heavy atom. The van der Waals surface area contributed by atoms with Crippen LogP contribution in [0, 0.1) is 31.1 Å². The maximum Gasteiger partial charge on any atom is 0.0661 e. The van der Waals surface area contributed by atoms with Crippen molar-refractivity contribution in [2.24, 2.45) is 11.8 Å². The molecular weight excluding hydrogens is 300 g/mol. The second-order valence-electron chi connectivity index (χ2n) is 7.63. The molecule has 1 saturated carbocycles. The van der Waals surface area contributed by atoms with E-state index in [9.17, 15) is 0 Å². The molecule has 0 amide bonds. The van der Waals surface area contributed by atoms with Crippen LogP contribution in [0.2, 0.25) is 0 Å². The molecule has 0 spiro atoms. The van der Waals surface area contributed by atoms with Crippen molar-refractivity contribution in [3.63, 3.8) is 0 Å². The lowest BCUT2D eigenvalue weighted by molar-refractivity contribution is 0.277. The molecule has 3 rings (SSSR count). The minimum Gasteiger partial charge on any atom is -0.114 e.